The van der Waals surface area contributed by atoms with Gasteiger partial charge in [-0.15, -0.1) is 0 Å². The third-order valence-electron chi connectivity index (χ3n) is 2.59. The van der Waals surface area contributed by atoms with Gasteiger partial charge in [0, 0.05) is 31.6 Å². The maximum atomic E-state index is 13.4. The Morgan fingerprint density at radius 3 is 2.89 bits per heavy atom. The zero-order valence-electron chi connectivity index (χ0n) is 9.93. The molecule has 1 aromatic carbocycles. The number of hydrogen-bond donors (Lipinski definition) is 1. The van der Waals surface area contributed by atoms with Gasteiger partial charge in [0.2, 0.25) is 0 Å². The maximum Gasteiger partial charge on any atom is 0.294 e. The van der Waals surface area contributed by atoms with E-state index in [1.165, 1.54) is 0 Å². The lowest BCUT2D eigenvalue weighted by atomic mass is 10.2. The Labute approximate surface area is 113 Å². The fourth-order valence-corrected chi connectivity index (χ4v) is 1.73. The highest BCUT2D eigenvalue weighted by Gasteiger charge is 2.17. The van der Waals surface area contributed by atoms with Gasteiger partial charge < -0.3 is 9.88 Å². The molecule has 0 radical (unpaired) electrons. The van der Waals surface area contributed by atoms with E-state index in [-0.39, 0.29) is 22.9 Å². The first-order valence-electron chi connectivity index (χ1n) is 5.32. The van der Waals surface area contributed by atoms with E-state index in [1.807, 2.05) is 0 Å². The molecule has 0 fully saturated rings. The molecule has 0 saturated carbocycles. The van der Waals surface area contributed by atoms with E-state index in [2.05, 4.69) is 10.3 Å². The average Bonchev–Trinajstić information content (AvgIpc) is 2.75. The zero-order valence-corrected chi connectivity index (χ0v) is 10.7. The van der Waals surface area contributed by atoms with E-state index in [4.69, 9.17) is 11.6 Å². The van der Waals surface area contributed by atoms with Crippen molar-refractivity contribution < 1.29 is 9.31 Å². The summed E-state index contributed by atoms with van der Waals surface area (Å²) in [4.78, 5) is 14.3. The second-order valence-electron chi connectivity index (χ2n) is 3.85. The summed E-state index contributed by atoms with van der Waals surface area (Å²) in [7, 11) is 1.79. The molecule has 1 aromatic heterocycles. The van der Waals surface area contributed by atoms with Crippen LogP contribution in [-0.2, 0) is 13.6 Å². The van der Waals surface area contributed by atoms with Gasteiger partial charge in [-0.25, -0.2) is 9.37 Å². The number of hydrogen-bond acceptors (Lipinski definition) is 4. The summed E-state index contributed by atoms with van der Waals surface area (Å²) in [5.41, 5.74) is -0.212. The van der Waals surface area contributed by atoms with Gasteiger partial charge in [-0.05, 0) is 0 Å². The van der Waals surface area contributed by atoms with Crippen LogP contribution in [-0.4, -0.2) is 14.5 Å². The highest BCUT2D eigenvalue weighted by molar-refractivity contribution is 6.31. The molecule has 1 heterocycles. The van der Waals surface area contributed by atoms with Crippen molar-refractivity contribution in [2.75, 3.05) is 5.32 Å². The molecular formula is C11H10ClFN4O2. The Bertz CT molecular complexity index is 629. The Hall–Kier alpha value is -2.15. The number of nitro benzene ring substituents is 1. The first kappa shape index (κ1) is 13.3. The van der Waals surface area contributed by atoms with Crippen molar-refractivity contribution in [2.24, 2.45) is 7.05 Å². The molecule has 0 bridgehead atoms. The van der Waals surface area contributed by atoms with Crippen LogP contribution >= 0.6 is 11.6 Å². The van der Waals surface area contributed by atoms with Crippen LogP contribution in [0.4, 0.5) is 15.8 Å². The number of nitrogens with zero attached hydrogens (tertiary/aromatic N) is 3. The van der Waals surface area contributed by atoms with Gasteiger partial charge >= 0.3 is 0 Å². The minimum absolute atomic E-state index is 0.0647. The summed E-state index contributed by atoms with van der Waals surface area (Å²) in [5.74, 6) is -0.0423. The van der Waals surface area contributed by atoms with E-state index < -0.39 is 10.7 Å². The summed E-state index contributed by atoms with van der Waals surface area (Å²) in [5, 5.41) is 13.4. The number of nitro groups is 1. The number of aryl methyl sites for hydroxylation is 1. The molecule has 0 aliphatic heterocycles. The number of benzene rings is 1. The van der Waals surface area contributed by atoms with Crippen molar-refractivity contribution in [1.82, 2.24) is 9.55 Å². The fraction of sp³-hybridized carbons (Fsp3) is 0.182. The highest BCUT2D eigenvalue weighted by Crippen LogP contribution is 2.30. The quantitative estimate of drug-likeness (QED) is 0.692. The summed E-state index contributed by atoms with van der Waals surface area (Å²) >= 11 is 5.53. The Morgan fingerprint density at radius 2 is 2.32 bits per heavy atom. The molecule has 0 amide bonds. The van der Waals surface area contributed by atoms with E-state index in [0.29, 0.717) is 5.82 Å². The molecule has 0 atom stereocenters. The predicted octanol–water partition coefficient (Wildman–Crippen LogP) is 2.73. The van der Waals surface area contributed by atoms with Gasteiger partial charge in [-0.1, -0.05) is 11.6 Å². The number of anilines is 1. The van der Waals surface area contributed by atoms with E-state index in [1.54, 1.807) is 24.0 Å². The van der Waals surface area contributed by atoms with Gasteiger partial charge in [0.15, 0.2) is 0 Å². The van der Waals surface area contributed by atoms with E-state index in [9.17, 15) is 14.5 Å². The normalized spacial score (nSPS) is 10.5. The zero-order chi connectivity index (χ0) is 14.0. The van der Waals surface area contributed by atoms with Crippen molar-refractivity contribution in [3.8, 4) is 0 Å². The summed E-state index contributed by atoms with van der Waals surface area (Å²) in [6, 6.07) is 1.99. The Morgan fingerprint density at radius 1 is 1.58 bits per heavy atom. The van der Waals surface area contributed by atoms with Gasteiger partial charge in [0.1, 0.15) is 17.3 Å². The molecule has 0 aliphatic carbocycles. The third-order valence-corrected chi connectivity index (χ3v) is 2.88. The van der Waals surface area contributed by atoms with E-state index >= 15 is 0 Å². The number of imidazole rings is 1. The van der Waals surface area contributed by atoms with E-state index in [0.717, 1.165) is 12.1 Å². The summed E-state index contributed by atoms with van der Waals surface area (Å²) in [6.07, 6.45) is 3.35. The molecule has 2 aromatic rings. The maximum absolute atomic E-state index is 13.4. The minimum Gasteiger partial charge on any atom is -0.372 e. The van der Waals surface area contributed by atoms with Gasteiger partial charge in [-0.2, -0.15) is 0 Å². The lowest BCUT2D eigenvalue weighted by molar-refractivity contribution is -0.384. The van der Waals surface area contributed by atoms with Crippen LogP contribution in [0.25, 0.3) is 0 Å². The van der Waals surface area contributed by atoms with Crippen LogP contribution in [0.5, 0.6) is 0 Å². The molecule has 19 heavy (non-hydrogen) atoms. The number of aromatic nitrogens is 2. The minimum atomic E-state index is -0.713. The Kier molecular flexibility index (Phi) is 3.66. The number of rotatable bonds is 4. The van der Waals surface area contributed by atoms with Crippen LogP contribution in [0.3, 0.4) is 0 Å². The number of nitrogens with one attached hydrogen (secondary N) is 1. The average molecular weight is 285 g/mol. The molecule has 0 unspecified atom stereocenters. The molecule has 0 aliphatic rings. The van der Waals surface area contributed by atoms with Crippen LogP contribution < -0.4 is 5.32 Å². The highest BCUT2D eigenvalue weighted by atomic mass is 35.5. The standard InChI is InChI=1S/C11H10ClFN4O2/c1-16-3-2-14-11(16)6-15-9-5-8(13)7(12)4-10(9)17(18)19/h2-5,15H,6H2,1H3. The predicted molar refractivity (Wildman–Crippen MR) is 68.6 cm³/mol. The van der Waals surface area contributed by atoms with Crippen LogP contribution in [0.2, 0.25) is 5.02 Å². The molecule has 2 rings (SSSR count). The topological polar surface area (TPSA) is 73.0 Å². The molecule has 0 saturated heterocycles. The first-order chi connectivity index (χ1) is 8.99. The van der Waals surface area contributed by atoms with Crippen molar-refractivity contribution >= 4 is 23.0 Å². The molecule has 100 valence electrons. The van der Waals surface area contributed by atoms with Gasteiger partial charge in [0.25, 0.3) is 5.69 Å². The fourth-order valence-electron chi connectivity index (χ4n) is 1.57. The summed E-state index contributed by atoms with van der Waals surface area (Å²) in [6.45, 7) is 0.241. The second-order valence-corrected chi connectivity index (χ2v) is 4.26. The van der Waals surface area contributed by atoms with Crippen LogP contribution in [0.15, 0.2) is 24.5 Å². The van der Waals surface area contributed by atoms with Gasteiger partial charge in [-0.3, -0.25) is 10.1 Å². The lowest BCUT2D eigenvalue weighted by Crippen LogP contribution is -2.07. The SMILES string of the molecule is Cn1ccnc1CNc1cc(F)c(Cl)cc1[N+](=O)[O-]. The molecule has 1 N–H and O–H groups in total. The van der Waals surface area contributed by atoms with Crippen LogP contribution in [0, 0.1) is 15.9 Å². The van der Waals surface area contributed by atoms with Crippen molar-refractivity contribution in [2.45, 2.75) is 6.54 Å². The summed E-state index contributed by atoms with van der Waals surface area (Å²) < 4.78 is 15.1. The third kappa shape index (κ3) is 2.82. The lowest BCUT2D eigenvalue weighted by Gasteiger charge is -2.08. The number of halogens is 2. The molecular weight excluding hydrogens is 275 g/mol. The Balaban J connectivity index is 2.26. The smallest absolute Gasteiger partial charge is 0.294 e. The second kappa shape index (κ2) is 5.23. The molecule has 6 nitrogen and oxygen atoms in total. The monoisotopic (exact) mass is 284 g/mol. The molecule has 8 heteroatoms. The largest absolute Gasteiger partial charge is 0.372 e. The van der Waals surface area contributed by atoms with Crippen LogP contribution in [0.1, 0.15) is 5.82 Å². The van der Waals surface area contributed by atoms with Crippen molar-refractivity contribution in [1.29, 1.82) is 0 Å². The van der Waals surface area contributed by atoms with Crippen molar-refractivity contribution in [3.05, 3.63) is 51.3 Å². The van der Waals surface area contributed by atoms with Crippen molar-refractivity contribution in [3.63, 3.8) is 0 Å². The first-order valence-corrected chi connectivity index (χ1v) is 5.70. The van der Waals surface area contributed by atoms with Gasteiger partial charge in [0.05, 0.1) is 16.5 Å². The molecule has 0 spiro atoms.